The predicted octanol–water partition coefficient (Wildman–Crippen LogP) is 2.81. The van der Waals surface area contributed by atoms with Crippen molar-refractivity contribution in [2.24, 2.45) is 0 Å². The van der Waals surface area contributed by atoms with Gasteiger partial charge in [-0.25, -0.2) is 0 Å². The van der Waals surface area contributed by atoms with Gasteiger partial charge in [0, 0.05) is 30.4 Å². The van der Waals surface area contributed by atoms with Crippen molar-refractivity contribution in [1.82, 2.24) is 4.98 Å². The van der Waals surface area contributed by atoms with Gasteiger partial charge >= 0.3 is 0 Å². The molecule has 0 atom stereocenters. The van der Waals surface area contributed by atoms with Crippen molar-refractivity contribution < 1.29 is 0 Å². The molecule has 0 amide bonds. The van der Waals surface area contributed by atoms with Gasteiger partial charge in [0.15, 0.2) is 0 Å². The molecule has 1 heterocycles. The summed E-state index contributed by atoms with van der Waals surface area (Å²) in [5, 5.41) is 1.15. The topological polar surface area (TPSA) is 42.2 Å². The molecule has 1 aliphatic carbocycles. The highest BCUT2D eigenvalue weighted by Crippen LogP contribution is 2.33. The molecular formula is C14H17N3. The zero-order chi connectivity index (χ0) is 11.8. The van der Waals surface area contributed by atoms with Crippen LogP contribution in [0.15, 0.2) is 30.5 Å². The van der Waals surface area contributed by atoms with Crippen LogP contribution in [0.4, 0.5) is 11.4 Å². The molecule has 3 nitrogen and oxygen atoms in total. The van der Waals surface area contributed by atoms with Crippen LogP contribution in [0, 0.1) is 0 Å². The fourth-order valence-electron chi connectivity index (χ4n) is 2.46. The maximum Gasteiger partial charge on any atom is 0.0951 e. The first-order valence-corrected chi connectivity index (χ1v) is 6.13. The number of fused-ring (bicyclic) bond motifs is 1. The molecule has 0 saturated heterocycles. The van der Waals surface area contributed by atoms with E-state index in [1.54, 1.807) is 0 Å². The Labute approximate surface area is 101 Å². The molecule has 1 saturated carbocycles. The molecule has 1 aromatic heterocycles. The number of anilines is 2. The molecule has 0 spiro atoms. The summed E-state index contributed by atoms with van der Waals surface area (Å²) in [7, 11) is 2.17. The van der Waals surface area contributed by atoms with Gasteiger partial charge in [0.25, 0.3) is 0 Å². The molecule has 3 heteroatoms. The second-order valence-corrected chi connectivity index (χ2v) is 4.77. The zero-order valence-electron chi connectivity index (χ0n) is 10.1. The quantitative estimate of drug-likeness (QED) is 0.802. The van der Waals surface area contributed by atoms with Crippen molar-refractivity contribution in [2.45, 2.75) is 25.3 Å². The van der Waals surface area contributed by atoms with E-state index < -0.39 is 0 Å². The summed E-state index contributed by atoms with van der Waals surface area (Å²) in [5.74, 6) is 0. The number of nitrogens with zero attached hydrogens (tertiary/aromatic N) is 2. The zero-order valence-corrected chi connectivity index (χ0v) is 10.1. The fourth-order valence-corrected chi connectivity index (χ4v) is 2.46. The highest BCUT2D eigenvalue weighted by atomic mass is 15.1. The Morgan fingerprint density at radius 3 is 2.82 bits per heavy atom. The first-order chi connectivity index (χ1) is 8.27. The lowest BCUT2D eigenvalue weighted by Crippen LogP contribution is -2.37. The average molecular weight is 227 g/mol. The van der Waals surface area contributed by atoms with Gasteiger partial charge in [-0.15, -0.1) is 0 Å². The molecule has 0 bridgehead atoms. The van der Waals surface area contributed by atoms with Gasteiger partial charge in [0.2, 0.25) is 0 Å². The minimum Gasteiger partial charge on any atom is -0.397 e. The third kappa shape index (κ3) is 1.62. The van der Waals surface area contributed by atoms with E-state index in [2.05, 4.69) is 29.1 Å². The third-order valence-corrected chi connectivity index (χ3v) is 3.78. The van der Waals surface area contributed by atoms with Gasteiger partial charge in [-0.1, -0.05) is 12.1 Å². The van der Waals surface area contributed by atoms with Gasteiger partial charge in [0.1, 0.15) is 0 Å². The van der Waals surface area contributed by atoms with Crippen molar-refractivity contribution in [3.63, 3.8) is 0 Å². The highest BCUT2D eigenvalue weighted by molar-refractivity contribution is 5.98. The van der Waals surface area contributed by atoms with E-state index in [1.165, 1.54) is 24.9 Å². The van der Waals surface area contributed by atoms with E-state index in [-0.39, 0.29) is 0 Å². The molecule has 2 N–H and O–H groups in total. The second-order valence-electron chi connectivity index (χ2n) is 4.77. The van der Waals surface area contributed by atoms with E-state index in [0.717, 1.165) is 16.6 Å². The Hall–Kier alpha value is -1.77. The lowest BCUT2D eigenvalue weighted by molar-refractivity contribution is 0.401. The van der Waals surface area contributed by atoms with E-state index in [0.29, 0.717) is 6.04 Å². The molecule has 1 aliphatic rings. The molecule has 1 aromatic carbocycles. The maximum absolute atomic E-state index is 5.97. The van der Waals surface area contributed by atoms with E-state index in [9.17, 15) is 0 Å². The van der Waals surface area contributed by atoms with Crippen molar-refractivity contribution in [3.8, 4) is 0 Å². The number of hydrogen-bond donors (Lipinski definition) is 1. The predicted molar refractivity (Wildman–Crippen MR) is 72.2 cm³/mol. The minimum absolute atomic E-state index is 0.682. The van der Waals surface area contributed by atoms with Crippen molar-refractivity contribution in [2.75, 3.05) is 17.7 Å². The number of benzene rings is 1. The Kier molecular flexibility index (Phi) is 2.39. The van der Waals surface area contributed by atoms with Gasteiger partial charge in [0.05, 0.1) is 11.2 Å². The minimum atomic E-state index is 0.682. The Bertz CT molecular complexity index is 546. The molecule has 0 unspecified atom stereocenters. The summed E-state index contributed by atoms with van der Waals surface area (Å²) in [6, 6.07) is 8.77. The molecule has 3 rings (SSSR count). The molecule has 0 aliphatic heterocycles. The Morgan fingerprint density at radius 1 is 1.29 bits per heavy atom. The van der Waals surface area contributed by atoms with Gasteiger partial charge in [-0.05, 0) is 31.4 Å². The first-order valence-electron chi connectivity index (χ1n) is 6.13. The summed E-state index contributed by atoms with van der Waals surface area (Å²) >= 11 is 0. The second kappa shape index (κ2) is 3.91. The molecule has 88 valence electrons. The van der Waals surface area contributed by atoms with Crippen LogP contribution in [0.1, 0.15) is 19.3 Å². The normalized spacial score (nSPS) is 15.8. The van der Waals surface area contributed by atoms with Gasteiger partial charge in [-0.3, -0.25) is 4.98 Å². The van der Waals surface area contributed by atoms with Gasteiger partial charge in [-0.2, -0.15) is 0 Å². The SMILES string of the molecule is CN(c1ccnc2c(N)cccc12)C1CCC1. The van der Waals surface area contributed by atoms with Crippen LogP contribution < -0.4 is 10.6 Å². The van der Waals surface area contributed by atoms with Crippen molar-refractivity contribution in [1.29, 1.82) is 0 Å². The molecule has 1 fully saturated rings. The summed E-state index contributed by atoms with van der Waals surface area (Å²) in [6.45, 7) is 0. The van der Waals surface area contributed by atoms with Crippen molar-refractivity contribution in [3.05, 3.63) is 30.5 Å². The largest absolute Gasteiger partial charge is 0.397 e. The van der Waals surface area contributed by atoms with Gasteiger partial charge < -0.3 is 10.6 Å². The molecular weight excluding hydrogens is 210 g/mol. The number of hydrogen-bond acceptors (Lipinski definition) is 3. The van der Waals surface area contributed by atoms with Crippen LogP contribution in [0.2, 0.25) is 0 Å². The Balaban J connectivity index is 2.12. The number of aromatic nitrogens is 1. The van der Waals surface area contributed by atoms with Crippen LogP contribution in [0.25, 0.3) is 10.9 Å². The highest BCUT2D eigenvalue weighted by Gasteiger charge is 2.23. The van der Waals surface area contributed by atoms with Crippen molar-refractivity contribution >= 4 is 22.3 Å². The van der Waals surface area contributed by atoms with E-state index >= 15 is 0 Å². The number of para-hydroxylation sites is 1. The molecule has 0 radical (unpaired) electrons. The maximum atomic E-state index is 5.97. The van der Waals surface area contributed by atoms with Crippen LogP contribution in [0.5, 0.6) is 0 Å². The number of nitrogen functional groups attached to an aromatic ring is 1. The summed E-state index contributed by atoms with van der Waals surface area (Å²) in [5.41, 5.74) is 8.88. The monoisotopic (exact) mass is 227 g/mol. The van der Waals surface area contributed by atoms with Crippen LogP contribution >= 0.6 is 0 Å². The first kappa shape index (κ1) is 10.4. The molecule has 2 aromatic rings. The standard InChI is InChI=1S/C14H17N3/c1-17(10-4-2-5-10)13-8-9-16-14-11(13)6-3-7-12(14)15/h3,6-10H,2,4-5,15H2,1H3. The lowest BCUT2D eigenvalue weighted by atomic mass is 9.91. The van der Waals surface area contributed by atoms with Crippen LogP contribution in [-0.4, -0.2) is 18.1 Å². The van der Waals surface area contributed by atoms with Crippen LogP contribution in [-0.2, 0) is 0 Å². The third-order valence-electron chi connectivity index (χ3n) is 3.78. The number of rotatable bonds is 2. The number of nitrogens with two attached hydrogens (primary N) is 1. The summed E-state index contributed by atoms with van der Waals surface area (Å²) in [6.07, 6.45) is 5.79. The lowest BCUT2D eigenvalue weighted by Gasteiger charge is -2.36. The number of pyridine rings is 1. The fraction of sp³-hybridized carbons (Fsp3) is 0.357. The molecule has 17 heavy (non-hydrogen) atoms. The van der Waals surface area contributed by atoms with E-state index in [1.807, 2.05) is 18.3 Å². The average Bonchev–Trinajstić information content (AvgIpc) is 2.26. The van der Waals surface area contributed by atoms with Crippen LogP contribution in [0.3, 0.4) is 0 Å². The van der Waals surface area contributed by atoms with E-state index in [4.69, 9.17) is 5.73 Å². The summed E-state index contributed by atoms with van der Waals surface area (Å²) in [4.78, 5) is 6.74. The smallest absolute Gasteiger partial charge is 0.0951 e. The summed E-state index contributed by atoms with van der Waals surface area (Å²) < 4.78 is 0. The Morgan fingerprint density at radius 2 is 2.12 bits per heavy atom.